The molecule has 2 bridgehead atoms. The van der Waals surface area contributed by atoms with Crippen molar-refractivity contribution in [2.24, 2.45) is 11.3 Å². The first kappa shape index (κ1) is 16.7. The number of likely N-dealkylation sites (tertiary alicyclic amines) is 1. The third kappa shape index (κ3) is 3.37. The summed E-state index contributed by atoms with van der Waals surface area (Å²) in [6.07, 6.45) is 4.20. The van der Waals surface area contributed by atoms with Crippen LogP contribution in [0.5, 0.6) is 0 Å². The normalized spacial score (nSPS) is 33.0. The van der Waals surface area contributed by atoms with Gasteiger partial charge in [-0.25, -0.2) is 0 Å². The van der Waals surface area contributed by atoms with Gasteiger partial charge in [0.1, 0.15) is 0 Å². The summed E-state index contributed by atoms with van der Waals surface area (Å²) in [4.78, 5) is 8.18. The van der Waals surface area contributed by atoms with Gasteiger partial charge in [-0.2, -0.15) is 0 Å². The average Bonchev–Trinajstić information content (AvgIpc) is 2.36. The smallest absolute Gasteiger partial charge is 0.0507 e. The molecule has 0 radical (unpaired) electrons. The van der Waals surface area contributed by atoms with Crippen LogP contribution >= 0.6 is 0 Å². The van der Waals surface area contributed by atoms with Crippen molar-refractivity contribution in [2.75, 3.05) is 32.8 Å². The van der Waals surface area contributed by atoms with E-state index in [0.29, 0.717) is 11.0 Å². The lowest BCUT2D eigenvalue weighted by Gasteiger charge is -2.62. The van der Waals surface area contributed by atoms with Gasteiger partial charge in [-0.1, -0.05) is 20.8 Å². The summed E-state index contributed by atoms with van der Waals surface area (Å²) in [5.74, 6) is 0.912. The number of hydrogen-bond donors (Lipinski definition) is 0. The Morgan fingerprint density at radius 3 is 1.82 bits per heavy atom. The first-order valence-electron chi connectivity index (χ1n) is 9.38. The molecule has 4 rings (SSSR count). The lowest BCUT2D eigenvalue weighted by atomic mass is 9.75. The minimum atomic E-state index is 0.352. The van der Waals surface area contributed by atoms with Crippen LogP contribution in [-0.2, 0) is 0 Å². The topological polar surface area (TPSA) is 9.72 Å². The second-order valence-electron chi connectivity index (χ2n) is 10.1. The van der Waals surface area contributed by atoms with Crippen molar-refractivity contribution in [3.05, 3.63) is 0 Å². The zero-order valence-electron chi connectivity index (χ0n) is 15.7. The molecule has 0 aromatic heterocycles. The lowest BCUT2D eigenvalue weighted by Crippen LogP contribution is -2.73. The summed E-state index contributed by atoms with van der Waals surface area (Å²) >= 11 is 0. The zero-order chi connectivity index (χ0) is 16.1. The van der Waals surface area contributed by atoms with Crippen molar-refractivity contribution in [1.29, 1.82) is 0 Å². The van der Waals surface area contributed by atoms with Crippen molar-refractivity contribution >= 4 is 0 Å². The Kier molecular flexibility index (Phi) is 4.37. The highest BCUT2D eigenvalue weighted by Crippen LogP contribution is 2.39. The van der Waals surface area contributed by atoms with Gasteiger partial charge in [0, 0.05) is 30.7 Å². The maximum absolute atomic E-state index is 2.76. The third-order valence-corrected chi connectivity index (χ3v) is 6.26. The highest BCUT2D eigenvalue weighted by Gasteiger charge is 2.49. The summed E-state index contributed by atoms with van der Waals surface area (Å²) in [7, 11) is 0. The molecule has 0 aromatic rings. The Morgan fingerprint density at radius 2 is 1.36 bits per heavy atom. The molecule has 4 saturated heterocycles. The molecular weight excluding hydrogens is 270 g/mol. The number of rotatable bonds is 2. The highest BCUT2D eigenvalue weighted by molar-refractivity contribution is 5.05. The van der Waals surface area contributed by atoms with Crippen LogP contribution in [0.1, 0.15) is 60.8 Å². The van der Waals surface area contributed by atoms with Crippen molar-refractivity contribution in [2.45, 2.75) is 78.4 Å². The van der Waals surface area contributed by atoms with Gasteiger partial charge in [-0.05, 0) is 64.5 Å². The van der Waals surface area contributed by atoms with E-state index in [9.17, 15) is 0 Å². The molecule has 2 unspecified atom stereocenters. The van der Waals surface area contributed by atoms with Crippen LogP contribution in [0.25, 0.3) is 0 Å². The van der Waals surface area contributed by atoms with E-state index in [1.54, 1.807) is 0 Å². The second kappa shape index (κ2) is 5.75. The van der Waals surface area contributed by atoms with E-state index in [4.69, 9.17) is 0 Å². The van der Waals surface area contributed by atoms with E-state index < -0.39 is 0 Å². The van der Waals surface area contributed by atoms with Crippen LogP contribution in [0, 0.1) is 11.3 Å². The number of piperazine rings is 1. The van der Waals surface area contributed by atoms with Crippen LogP contribution in [0.2, 0.25) is 0 Å². The first-order valence-corrected chi connectivity index (χ1v) is 9.38. The highest BCUT2D eigenvalue weighted by atomic mass is 15.4. The molecular formula is C19H37N3. The molecule has 0 N–H and O–H groups in total. The van der Waals surface area contributed by atoms with Gasteiger partial charge in [0.25, 0.3) is 0 Å². The lowest BCUT2D eigenvalue weighted by molar-refractivity contribution is -0.129. The summed E-state index contributed by atoms with van der Waals surface area (Å²) in [6, 6.07) is 1.62. The van der Waals surface area contributed by atoms with Crippen LogP contribution in [0.4, 0.5) is 0 Å². The predicted octanol–water partition coefficient (Wildman–Crippen LogP) is 3.26. The molecule has 0 aromatic carbocycles. The van der Waals surface area contributed by atoms with Gasteiger partial charge in [-0.15, -0.1) is 0 Å². The molecule has 22 heavy (non-hydrogen) atoms. The predicted molar refractivity (Wildman–Crippen MR) is 94.0 cm³/mol. The standard InChI is InChI=1S/C19H37N3/c1-18(2,3)15-7-9-20(10-8-15)14-21-12-16-11-17(13-21)22(16)19(4,5)6/h15-17H,7-14H2,1-6H3. The molecule has 4 aliphatic heterocycles. The van der Waals surface area contributed by atoms with Gasteiger partial charge in [0.2, 0.25) is 0 Å². The number of hydrogen-bond acceptors (Lipinski definition) is 3. The maximum atomic E-state index is 2.76. The Labute approximate surface area is 138 Å². The Balaban J connectivity index is 1.45. The first-order chi connectivity index (χ1) is 10.1. The molecule has 0 spiro atoms. The fourth-order valence-corrected chi connectivity index (χ4v) is 5.13. The summed E-state index contributed by atoms with van der Waals surface area (Å²) < 4.78 is 0. The Bertz CT molecular complexity index is 372. The molecule has 0 amide bonds. The number of nitrogens with zero attached hydrogens (tertiary/aromatic N) is 3. The molecule has 4 fully saturated rings. The van der Waals surface area contributed by atoms with Gasteiger partial charge < -0.3 is 0 Å². The minimum absolute atomic E-state index is 0.352. The Hall–Kier alpha value is -0.120. The Morgan fingerprint density at radius 1 is 0.818 bits per heavy atom. The maximum Gasteiger partial charge on any atom is 0.0507 e. The third-order valence-electron chi connectivity index (χ3n) is 6.26. The summed E-state index contributed by atoms with van der Waals surface area (Å²) in [5, 5.41) is 0. The van der Waals surface area contributed by atoms with E-state index in [1.165, 1.54) is 52.1 Å². The van der Waals surface area contributed by atoms with Crippen LogP contribution in [0.15, 0.2) is 0 Å². The van der Waals surface area contributed by atoms with Gasteiger partial charge in [-0.3, -0.25) is 14.7 Å². The van der Waals surface area contributed by atoms with Gasteiger partial charge in [0.05, 0.1) is 6.67 Å². The van der Waals surface area contributed by atoms with E-state index in [0.717, 1.165) is 18.0 Å². The zero-order valence-corrected chi connectivity index (χ0v) is 15.7. The SMILES string of the molecule is CC(C)(C)C1CCN(CN2CC3CC(C2)N3C(C)(C)C)CC1. The molecule has 4 heterocycles. The van der Waals surface area contributed by atoms with Gasteiger partial charge >= 0.3 is 0 Å². The molecule has 128 valence electrons. The van der Waals surface area contributed by atoms with Crippen molar-refractivity contribution < 1.29 is 0 Å². The molecule has 3 heteroatoms. The molecule has 2 atom stereocenters. The minimum Gasteiger partial charge on any atom is -0.290 e. The summed E-state index contributed by atoms with van der Waals surface area (Å²) in [6.45, 7) is 20.7. The molecule has 3 nitrogen and oxygen atoms in total. The molecule has 4 aliphatic rings. The fraction of sp³-hybridized carbons (Fsp3) is 1.00. The quantitative estimate of drug-likeness (QED) is 0.775. The van der Waals surface area contributed by atoms with Crippen molar-refractivity contribution in [3.63, 3.8) is 0 Å². The average molecular weight is 308 g/mol. The van der Waals surface area contributed by atoms with E-state index >= 15 is 0 Å². The van der Waals surface area contributed by atoms with E-state index in [2.05, 4.69) is 56.2 Å². The monoisotopic (exact) mass is 307 g/mol. The second-order valence-corrected chi connectivity index (χ2v) is 10.1. The van der Waals surface area contributed by atoms with Crippen molar-refractivity contribution in [3.8, 4) is 0 Å². The van der Waals surface area contributed by atoms with Crippen LogP contribution < -0.4 is 0 Å². The van der Waals surface area contributed by atoms with Crippen LogP contribution in [0.3, 0.4) is 0 Å². The van der Waals surface area contributed by atoms with Crippen LogP contribution in [-0.4, -0.2) is 65.2 Å². The number of piperidine rings is 2. The fourth-order valence-electron chi connectivity index (χ4n) is 5.13. The van der Waals surface area contributed by atoms with E-state index in [1.807, 2.05) is 0 Å². The van der Waals surface area contributed by atoms with Gasteiger partial charge in [0.15, 0.2) is 0 Å². The molecule has 0 saturated carbocycles. The van der Waals surface area contributed by atoms with E-state index in [-0.39, 0.29) is 0 Å². The largest absolute Gasteiger partial charge is 0.290 e. The summed E-state index contributed by atoms with van der Waals surface area (Å²) in [5.41, 5.74) is 0.844. The van der Waals surface area contributed by atoms with Crippen molar-refractivity contribution in [1.82, 2.24) is 14.7 Å². The molecule has 0 aliphatic carbocycles. The number of fused-ring (bicyclic) bond motifs is 2.